The Bertz CT molecular complexity index is 674. The third kappa shape index (κ3) is 4.59. The molecule has 0 radical (unpaired) electrons. The van der Waals surface area contributed by atoms with Crippen molar-refractivity contribution in [3.63, 3.8) is 0 Å². The van der Waals surface area contributed by atoms with Crippen molar-refractivity contribution in [2.75, 3.05) is 27.2 Å². The lowest BCUT2D eigenvalue weighted by Gasteiger charge is -2.18. The fraction of sp³-hybridized carbons (Fsp3) is 0.562. The van der Waals surface area contributed by atoms with Gasteiger partial charge < -0.3 is 10.2 Å². The number of amides is 1. The second-order valence-corrected chi connectivity index (χ2v) is 5.73. The molecule has 136 valence electrons. The van der Waals surface area contributed by atoms with Crippen molar-refractivity contribution < 1.29 is 4.79 Å². The number of aryl methyl sites for hydroxylation is 1. The van der Waals surface area contributed by atoms with Crippen molar-refractivity contribution in [3.8, 4) is 0 Å². The summed E-state index contributed by atoms with van der Waals surface area (Å²) in [6.45, 7) is 7.57. The van der Waals surface area contributed by atoms with E-state index in [0.717, 1.165) is 29.7 Å². The van der Waals surface area contributed by atoms with Crippen LogP contribution >= 0.6 is 24.8 Å². The first-order chi connectivity index (χ1) is 10.5. The van der Waals surface area contributed by atoms with Gasteiger partial charge in [0.2, 0.25) is 0 Å². The topological polar surface area (TPSA) is 63.1 Å². The molecule has 0 saturated heterocycles. The van der Waals surface area contributed by atoms with Crippen LogP contribution in [-0.2, 0) is 0 Å². The van der Waals surface area contributed by atoms with Crippen molar-refractivity contribution in [2.45, 2.75) is 33.2 Å². The molecule has 2 aromatic rings. The number of aromatic nitrogens is 3. The molecule has 1 amide bonds. The number of pyridine rings is 1. The molecule has 0 bridgehead atoms. The summed E-state index contributed by atoms with van der Waals surface area (Å²) in [7, 11) is 3.70. The van der Waals surface area contributed by atoms with Crippen molar-refractivity contribution >= 4 is 41.8 Å². The summed E-state index contributed by atoms with van der Waals surface area (Å²) >= 11 is 0. The van der Waals surface area contributed by atoms with Gasteiger partial charge in [0.15, 0.2) is 5.65 Å². The largest absolute Gasteiger partial charge is 0.340 e. The molecule has 1 N–H and O–H groups in total. The molecule has 0 saturated carbocycles. The molecule has 0 spiro atoms. The lowest BCUT2D eigenvalue weighted by atomic mass is 10.1. The molecule has 8 heteroatoms. The van der Waals surface area contributed by atoms with Crippen LogP contribution in [0.15, 0.2) is 12.3 Å². The van der Waals surface area contributed by atoms with Crippen LogP contribution in [0.4, 0.5) is 0 Å². The van der Waals surface area contributed by atoms with Crippen LogP contribution in [0.3, 0.4) is 0 Å². The summed E-state index contributed by atoms with van der Waals surface area (Å²) in [6.07, 6.45) is 2.73. The zero-order valence-electron chi connectivity index (χ0n) is 14.9. The summed E-state index contributed by atoms with van der Waals surface area (Å²) in [5.74, 6) is 0.00875. The van der Waals surface area contributed by atoms with Gasteiger partial charge in [0, 0.05) is 25.8 Å². The Hall–Kier alpha value is -1.37. The zero-order valence-corrected chi connectivity index (χ0v) is 16.5. The first kappa shape index (κ1) is 22.6. The Morgan fingerprint density at radius 3 is 2.67 bits per heavy atom. The van der Waals surface area contributed by atoms with Gasteiger partial charge in [-0.15, -0.1) is 24.8 Å². The number of rotatable bonds is 6. The Kier molecular flexibility index (Phi) is 9.25. The molecule has 0 aliphatic heterocycles. The number of likely N-dealkylation sites (N-methyl/N-ethyl adjacent to an activating group) is 2. The van der Waals surface area contributed by atoms with E-state index in [9.17, 15) is 4.79 Å². The lowest BCUT2D eigenvalue weighted by Crippen LogP contribution is -2.33. The van der Waals surface area contributed by atoms with Gasteiger partial charge in [-0.05, 0) is 33.4 Å². The number of hydrogen-bond donors (Lipinski definition) is 1. The SMILES string of the molecule is CCC(C)n1ncc2c(C(=O)N(C)CCNC)cc(C)nc21.Cl.Cl. The van der Waals surface area contributed by atoms with Crippen molar-refractivity contribution in [1.29, 1.82) is 0 Å². The quantitative estimate of drug-likeness (QED) is 0.842. The summed E-state index contributed by atoms with van der Waals surface area (Å²) in [4.78, 5) is 19.0. The Morgan fingerprint density at radius 2 is 2.08 bits per heavy atom. The minimum Gasteiger partial charge on any atom is -0.340 e. The van der Waals surface area contributed by atoms with E-state index < -0.39 is 0 Å². The van der Waals surface area contributed by atoms with Gasteiger partial charge in [0.1, 0.15) is 0 Å². The van der Waals surface area contributed by atoms with Crippen LogP contribution in [0.1, 0.15) is 42.4 Å². The van der Waals surface area contributed by atoms with Crippen molar-refractivity contribution in [1.82, 2.24) is 25.0 Å². The van der Waals surface area contributed by atoms with E-state index in [0.29, 0.717) is 12.1 Å². The predicted octanol–water partition coefficient (Wildman–Crippen LogP) is 2.85. The van der Waals surface area contributed by atoms with Gasteiger partial charge in [-0.25, -0.2) is 9.67 Å². The van der Waals surface area contributed by atoms with Gasteiger partial charge in [-0.2, -0.15) is 5.10 Å². The van der Waals surface area contributed by atoms with E-state index in [1.165, 1.54) is 0 Å². The summed E-state index contributed by atoms with van der Waals surface area (Å²) in [5.41, 5.74) is 2.30. The number of carbonyl (C=O) groups excluding carboxylic acids is 1. The molecular formula is C16H27Cl2N5O. The summed E-state index contributed by atoms with van der Waals surface area (Å²) in [5, 5.41) is 8.33. The minimum atomic E-state index is 0. The molecule has 0 aliphatic rings. The maximum atomic E-state index is 12.7. The first-order valence-electron chi connectivity index (χ1n) is 7.74. The highest BCUT2D eigenvalue weighted by molar-refractivity contribution is 6.05. The van der Waals surface area contributed by atoms with Crippen molar-refractivity contribution in [2.24, 2.45) is 0 Å². The monoisotopic (exact) mass is 375 g/mol. The second-order valence-electron chi connectivity index (χ2n) is 5.73. The zero-order chi connectivity index (χ0) is 16.3. The number of nitrogens with one attached hydrogen (secondary N) is 1. The molecule has 1 atom stereocenters. The van der Waals surface area contributed by atoms with Gasteiger partial charge in [0.05, 0.1) is 23.2 Å². The number of halogens is 2. The van der Waals surface area contributed by atoms with Crippen LogP contribution in [0, 0.1) is 6.92 Å². The van der Waals surface area contributed by atoms with Gasteiger partial charge >= 0.3 is 0 Å². The third-order valence-corrected chi connectivity index (χ3v) is 3.98. The molecular weight excluding hydrogens is 349 g/mol. The number of carbonyl (C=O) groups is 1. The van der Waals surface area contributed by atoms with Crippen molar-refractivity contribution in [3.05, 3.63) is 23.5 Å². The molecule has 24 heavy (non-hydrogen) atoms. The standard InChI is InChI=1S/C16H25N5O.2ClH/c1-6-12(3)21-15-14(10-18-21)13(9-11(2)19-15)16(22)20(5)8-7-17-4;;/h9-10,12,17H,6-8H2,1-5H3;2*1H. The molecule has 0 fully saturated rings. The smallest absolute Gasteiger partial charge is 0.254 e. The molecule has 6 nitrogen and oxygen atoms in total. The van der Waals surface area contributed by atoms with E-state index >= 15 is 0 Å². The molecule has 2 rings (SSSR count). The molecule has 2 heterocycles. The van der Waals surface area contributed by atoms with Crippen LogP contribution in [0.5, 0.6) is 0 Å². The highest BCUT2D eigenvalue weighted by atomic mass is 35.5. The maximum Gasteiger partial charge on any atom is 0.254 e. The average molecular weight is 376 g/mol. The number of fused-ring (bicyclic) bond motifs is 1. The van der Waals surface area contributed by atoms with Gasteiger partial charge in [0.25, 0.3) is 5.91 Å². The van der Waals surface area contributed by atoms with Crippen LogP contribution in [0.2, 0.25) is 0 Å². The summed E-state index contributed by atoms with van der Waals surface area (Å²) in [6, 6.07) is 2.11. The normalized spacial score (nSPS) is 11.5. The van der Waals surface area contributed by atoms with E-state index in [1.807, 2.05) is 31.8 Å². The van der Waals surface area contributed by atoms with E-state index in [4.69, 9.17) is 0 Å². The Morgan fingerprint density at radius 1 is 1.42 bits per heavy atom. The molecule has 1 unspecified atom stereocenters. The van der Waals surface area contributed by atoms with Crippen LogP contribution < -0.4 is 5.32 Å². The summed E-state index contributed by atoms with van der Waals surface area (Å²) < 4.78 is 1.91. The number of hydrogen-bond acceptors (Lipinski definition) is 4. The van der Waals surface area contributed by atoms with E-state index in [-0.39, 0.29) is 36.8 Å². The van der Waals surface area contributed by atoms with Gasteiger partial charge in [-0.1, -0.05) is 6.92 Å². The first-order valence-corrected chi connectivity index (χ1v) is 7.74. The molecule has 0 aliphatic carbocycles. The fourth-order valence-corrected chi connectivity index (χ4v) is 2.40. The predicted molar refractivity (Wildman–Crippen MR) is 103 cm³/mol. The number of nitrogens with zero attached hydrogens (tertiary/aromatic N) is 4. The fourth-order valence-electron chi connectivity index (χ4n) is 2.40. The van der Waals surface area contributed by atoms with Crippen LogP contribution in [0.25, 0.3) is 11.0 Å². The van der Waals surface area contributed by atoms with Gasteiger partial charge in [-0.3, -0.25) is 4.79 Å². The highest BCUT2D eigenvalue weighted by Crippen LogP contribution is 2.23. The second kappa shape index (κ2) is 9.81. The highest BCUT2D eigenvalue weighted by Gasteiger charge is 2.19. The Labute approximate surface area is 155 Å². The maximum absolute atomic E-state index is 12.7. The molecule has 2 aromatic heterocycles. The molecule has 0 aromatic carbocycles. The van der Waals surface area contributed by atoms with E-state index in [2.05, 4.69) is 29.2 Å². The lowest BCUT2D eigenvalue weighted by molar-refractivity contribution is 0.0798. The minimum absolute atomic E-state index is 0. The third-order valence-electron chi connectivity index (χ3n) is 3.98. The van der Waals surface area contributed by atoms with E-state index in [1.54, 1.807) is 11.1 Å². The Balaban J connectivity index is 0.00000264. The van der Waals surface area contributed by atoms with Crippen LogP contribution in [-0.4, -0.2) is 52.8 Å². The average Bonchev–Trinajstić information content (AvgIpc) is 2.93.